The van der Waals surface area contributed by atoms with Crippen LogP contribution in [0.2, 0.25) is 0 Å². The standard InChI is InChI=1S/C29H38N6O/c1-16(2)26-23-13-21(20-7-10-22(11-8-20)33-29(36)19(5)30-6)9-12-25(23)34-27(26)24-14-35-28(31-15-32-35)18(4)17(24)3/h9,12-16,19-20,22,30,34H,7-8,10-11H2,1-6H3,(H,33,36)/t19-,20?,22?/m0/s1. The van der Waals surface area contributed by atoms with Crippen LogP contribution < -0.4 is 10.6 Å². The van der Waals surface area contributed by atoms with Gasteiger partial charge in [-0.25, -0.2) is 9.50 Å². The molecule has 0 radical (unpaired) electrons. The van der Waals surface area contributed by atoms with Crippen molar-refractivity contribution in [2.45, 2.75) is 84.2 Å². The lowest BCUT2D eigenvalue weighted by atomic mass is 9.81. The molecule has 0 bridgehead atoms. The Hall–Kier alpha value is -3.19. The number of aromatic nitrogens is 4. The molecule has 7 nitrogen and oxygen atoms in total. The minimum Gasteiger partial charge on any atom is -0.354 e. The van der Waals surface area contributed by atoms with Crippen molar-refractivity contribution in [3.63, 3.8) is 0 Å². The third-order valence-electron chi connectivity index (χ3n) is 8.21. The summed E-state index contributed by atoms with van der Waals surface area (Å²) in [6, 6.07) is 7.07. The van der Waals surface area contributed by atoms with Gasteiger partial charge < -0.3 is 15.6 Å². The van der Waals surface area contributed by atoms with Crippen LogP contribution in [0.5, 0.6) is 0 Å². The zero-order valence-corrected chi connectivity index (χ0v) is 22.3. The van der Waals surface area contributed by atoms with E-state index in [1.807, 2.05) is 18.5 Å². The molecule has 36 heavy (non-hydrogen) atoms. The number of H-pyrrole nitrogens is 1. The van der Waals surface area contributed by atoms with Crippen LogP contribution in [-0.2, 0) is 4.79 Å². The molecule has 1 aliphatic carbocycles. The number of fused-ring (bicyclic) bond motifs is 2. The van der Waals surface area contributed by atoms with Crippen LogP contribution in [-0.4, -0.2) is 44.6 Å². The van der Waals surface area contributed by atoms with Gasteiger partial charge in [0.05, 0.1) is 11.7 Å². The van der Waals surface area contributed by atoms with E-state index in [-0.39, 0.29) is 18.0 Å². The molecule has 1 aliphatic rings. The molecule has 3 N–H and O–H groups in total. The largest absolute Gasteiger partial charge is 0.354 e. The number of carbonyl (C=O) groups is 1. The molecule has 1 amide bonds. The Balaban J connectivity index is 1.45. The third kappa shape index (κ3) is 4.30. The predicted molar refractivity (Wildman–Crippen MR) is 146 cm³/mol. The van der Waals surface area contributed by atoms with E-state index in [0.29, 0.717) is 11.8 Å². The number of aryl methyl sites for hydroxylation is 1. The van der Waals surface area contributed by atoms with Crippen molar-refractivity contribution in [1.29, 1.82) is 0 Å². The maximum Gasteiger partial charge on any atom is 0.237 e. The molecule has 3 aromatic heterocycles. The normalized spacial score (nSPS) is 19.3. The fourth-order valence-electron chi connectivity index (χ4n) is 5.78. The van der Waals surface area contributed by atoms with Crippen molar-refractivity contribution in [1.82, 2.24) is 30.2 Å². The maximum absolute atomic E-state index is 12.3. The van der Waals surface area contributed by atoms with E-state index >= 15 is 0 Å². The summed E-state index contributed by atoms with van der Waals surface area (Å²) in [6.45, 7) is 10.7. The molecule has 0 spiro atoms. The molecule has 1 saturated carbocycles. The lowest BCUT2D eigenvalue weighted by molar-refractivity contribution is -0.123. The number of likely N-dealkylation sites (N-methyl/N-ethyl adjacent to an activating group) is 1. The molecule has 0 saturated heterocycles. The van der Waals surface area contributed by atoms with Gasteiger partial charge in [0.1, 0.15) is 6.33 Å². The molecule has 1 fully saturated rings. The van der Waals surface area contributed by atoms with E-state index in [9.17, 15) is 4.79 Å². The first-order valence-corrected chi connectivity index (χ1v) is 13.2. The Morgan fingerprint density at radius 2 is 1.86 bits per heavy atom. The Labute approximate surface area is 213 Å². The van der Waals surface area contributed by atoms with Gasteiger partial charge in [0, 0.05) is 28.7 Å². The zero-order chi connectivity index (χ0) is 25.6. The van der Waals surface area contributed by atoms with E-state index in [1.165, 1.54) is 38.9 Å². The molecule has 1 atom stereocenters. The van der Waals surface area contributed by atoms with Gasteiger partial charge in [0.15, 0.2) is 5.65 Å². The number of amides is 1. The van der Waals surface area contributed by atoms with Crippen LogP contribution in [0.25, 0.3) is 27.8 Å². The Morgan fingerprint density at radius 3 is 2.56 bits per heavy atom. The van der Waals surface area contributed by atoms with E-state index in [0.717, 1.165) is 36.9 Å². The summed E-state index contributed by atoms with van der Waals surface area (Å²) in [5, 5.41) is 12.0. The van der Waals surface area contributed by atoms with Gasteiger partial charge in [-0.3, -0.25) is 4.79 Å². The number of hydrogen-bond donors (Lipinski definition) is 3. The molecule has 7 heteroatoms. The average molecular weight is 487 g/mol. The van der Waals surface area contributed by atoms with Gasteiger partial charge >= 0.3 is 0 Å². The topological polar surface area (TPSA) is 87.1 Å². The molecule has 190 valence electrons. The van der Waals surface area contributed by atoms with Crippen LogP contribution in [0.3, 0.4) is 0 Å². The lowest BCUT2D eigenvalue weighted by Gasteiger charge is -2.30. The number of carbonyl (C=O) groups excluding carboxylic acids is 1. The molecule has 5 rings (SSSR count). The van der Waals surface area contributed by atoms with Gasteiger partial charge in [-0.05, 0) is 99.7 Å². The Morgan fingerprint density at radius 1 is 1.11 bits per heavy atom. The highest BCUT2D eigenvalue weighted by Crippen LogP contribution is 2.40. The van der Waals surface area contributed by atoms with Crippen LogP contribution in [0, 0.1) is 13.8 Å². The van der Waals surface area contributed by atoms with E-state index in [2.05, 4.69) is 77.8 Å². The number of nitrogens with zero attached hydrogens (tertiary/aromatic N) is 3. The first-order chi connectivity index (χ1) is 17.3. The van der Waals surface area contributed by atoms with E-state index < -0.39 is 0 Å². The summed E-state index contributed by atoms with van der Waals surface area (Å²) in [6.07, 6.45) is 7.97. The minimum absolute atomic E-state index is 0.0957. The summed E-state index contributed by atoms with van der Waals surface area (Å²) in [7, 11) is 1.82. The Kier molecular flexibility index (Phi) is 6.60. The van der Waals surface area contributed by atoms with Crippen molar-refractivity contribution in [3.8, 4) is 11.3 Å². The second-order valence-corrected chi connectivity index (χ2v) is 10.8. The fraction of sp³-hybridized carbons (Fsp3) is 0.483. The molecule has 0 aliphatic heterocycles. The lowest BCUT2D eigenvalue weighted by Crippen LogP contribution is -2.46. The highest BCUT2D eigenvalue weighted by Gasteiger charge is 2.26. The third-order valence-corrected chi connectivity index (χ3v) is 8.21. The summed E-state index contributed by atoms with van der Waals surface area (Å²) in [4.78, 5) is 20.5. The van der Waals surface area contributed by atoms with Gasteiger partial charge in [-0.1, -0.05) is 19.9 Å². The molecule has 0 unspecified atom stereocenters. The summed E-state index contributed by atoms with van der Waals surface area (Å²) in [5.74, 6) is 0.992. The molecule has 1 aromatic carbocycles. The van der Waals surface area contributed by atoms with Crippen LogP contribution in [0.4, 0.5) is 0 Å². The summed E-state index contributed by atoms with van der Waals surface area (Å²) in [5.41, 5.74) is 9.60. The second kappa shape index (κ2) is 9.69. The van der Waals surface area contributed by atoms with Crippen LogP contribution in [0.1, 0.15) is 80.5 Å². The Bertz CT molecular complexity index is 1410. The quantitative estimate of drug-likeness (QED) is 0.342. The molecular weight excluding hydrogens is 448 g/mol. The summed E-state index contributed by atoms with van der Waals surface area (Å²) >= 11 is 0. The molecule has 4 aromatic rings. The van der Waals surface area contributed by atoms with Gasteiger partial charge in [0.2, 0.25) is 5.91 Å². The number of benzene rings is 1. The minimum atomic E-state index is -0.153. The van der Waals surface area contributed by atoms with Crippen LogP contribution in [0.15, 0.2) is 30.7 Å². The summed E-state index contributed by atoms with van der Waals surface area (Å²) < 4.78 is 1.88. The van der Waals surface area contributed by atoms with Gasteiger partial charge in [0.25, 0.3) is 0 Å². The van der Waals surface area contributed by atoms with Crippen molar-refractivity contribution in [2.24, 2.45) is 0 Å². The van der Waals surface area contributed by atoms with E-state index in [4.69, 9.17) is 0 Å². The SMILES string of the molecule is CN[C@@H](C)C(=O)NC1CCC(c2ccc3[nH]c(-c4cn5ncnc5c(C)c4C)c(C(C)C)c3c2)CC1. The smallest absolute Gasteiger partial charge is 0.237 e. The van der Waals surface area contributed by atoms with Gasteiger partial charge in [-0.2, -0.15) is 5.10 Å². The monoisotopic (exact) mass is 486 g/mol. The van der Waals surface area contributed by atoms with Crippen molar-refractivity contribution < 1.29 is 4.79 Å². The van der Waals surface area contributed by atoms with Crippen LogP contribution >= 0.6 is 0 Å². The first kappa shape index (κ1) is 24.5. The zero-order valence-electron chi connectivity index (χ0n) is 22.3. The number of nitrogens with one attached hydrogen (secondary N) is 3. The highest BCUT2D eigenvalue weighted by atomic mass is 16.2. The highest BCUT2D eigenvalue weighted by molar-refractivity contribution is 5.92. The second-order valence-electron chi connectivity index (χ2n) is 10.8. The molecular formula is C29H38N6O. The number of rotatable bonds is 6. The fourth-order valence-corrected chi connectivity index (χ4v) is 5.78. The van der Waals surface area contributed by atoms with Crippen molar-refractivity contribution >= 4 is 22.5 Å². The molecule has 3 heterocycles. The predicted octanol–water partition coefficient (Wildman–Crippen LogP) is 5.37. The number of hydrogen-bond acceptors (Lipinski definition) is 4. The maximum atomic E-state index is 12.3. The van der Waals surface area contributed by atoms with Crippen molar-refractivity contribution in [3.05, 3.63) is 53.0 Å². The number of pyridine rings is 1. The average Bonchev–Trinajstić information content (AvgIpc) is 3.50. The van der Waals surface area contributed by atoms with E-state index in [1.54, 1.807) is 6.33 Å². The van der Waals surface area contributed by atoms with Crippen molar-refractivity contribution in [2.75, 3.05) is 7.05 Å². The number of aromatic amines is 1. The van der Waals surface area contributed by atoms with Gasteiger partial charge in [-0.15, -0.1) is 0 Å². The first-order valence-electron chi connectivity index (χ1n) is 13.2.